The molecule has 0 spiro atoms. The van der Waals surface area contributed by atoms with E-state index in [2.05, 4.69) is 15.5 Å². The van der Waals surface area contributed by atoms with Crippen molar-refractivity contribution in [1.29, 1.82) is 0 Å². The SMILES string of the molecule is CC(F)(F)CNc1nnc(-c2ccc3c(c2)N(Cc2ccc(Cl)cc2)C[C@@H](N)CS3(=O)=O)o1. The van der Waals surface area contributed by atoms with E-state index in [1.54, 1.807) is 24.3 Å². The molecule has 33 heavy (non-hydrogen) atoms. The Kier molecular flexibility index (Phi) is 6.30. The first-order valence-electron chi connectivity index (χ1n) is 10.1. The predicted molar refractivity (Wildman–Crippen MR) is 121 cm³/mol. The van der Waals surface area contributed by atoms with Crippen molar-refractivity contribution in [3.8, 4) is 11.5 Å². The third-order valence-corrected chi connectivity index (χ3v) is 7.17. The second-order valence-electron chi connectivity index (χ2n) is 8.07. The highest BCUT2D eigenvalue weighted by Crippen LogP contribution is 2.35. The molecule has 0 aliphatic carbocycles. The summed E-state index contributed by atoms with van der Waals surface area (Å²) in [5.74, 6) is -3.07. The standard InChI is InChI=1S/C21H22ClF2N5O3S/c1-21(23,24)12-26-20-28-27-19(32-20)14-4-7-18-17(8-14)29(10-16(25)11-33(18,30)31)9-13-2-5-15(22)6-3-13/h2-8,16H,9-12,25H2,1H3,(H,26,28)/t16-/m1/s1. The summed E-state index contributed by atoms with van der Waals surface area (Å²) < 4.78 is 57.5. The molecule has 2 aromatic carbocycles. The maximum Gasteiger partial charge on any atom is 0.315 e. The molecule has 1 atom stereocenters. The number of aromatic nitrogens is 2. The molecule has 0 fully saturated rings. The minimum absolute atomic E-state index is 0.0668. The molecule has 3 N–H and O–H groups in total. The highest BCUT2D eigenvalue weighted by molar-refractivity contribution is 7.91. The molecule has 4 rings (SSSR count). The molecule has 176 valence electrons. The van der Waals surface area contributed by atoms with Crippen molar-refractivity contribution in [2.24, 2.45) is 5.73 Å². The zero-order valence-electron chi connectivity index (χ0n) is 17.6. The van der Waals surface area contributed by atoms with Crippen LogP contribution in [0.25, 0.3) is 11.5 Å². The van der Waals surface area contributed by atoms with Crippen LogP contribution in [0.15, 0.2) is 51.8 Å². The number of nitrogens with one attached hydrogen (secondary N) is 1. The molecule has 0 bridgehead atoms. The van der Waals surface area contributed by atoms with Crippen molar-refractivity contribution in [3.05, 3.63) is 53.1 Å². The molecule has 0 radical (unpaired) electrons. The van der Waals surface area contributed by atoms with Crippen molar-refractivity contribution in [2.75, 3.05) is 29.1 Å². The number of benzene rings is 2. The summed E-state index contributed by atoms with van der Waals surface area (Å²) in [6.07, 6.45) is 0. The number of anilines is 2. The van der Waals surface area contributed by atoms with Gasteiger partial charge in [0.15, 0.2) is 9.84 Å². The molecular weight excluding hydrogens is 476 g/mol. The molecule has 1 aromatic heterocycles. The minimum Gasteiger partial charge on any atom is -0.403 e. The average Bonchev–Trinajstić information content (AvgIpc) is 3.18. The monoisotopic (exact) mass is 497 g/mol. The fourth-order valence-corrected chi connectivity index (χ4v) is 5.32. The molecule has 8 nitrogen and oxygen atoms in total. The van der Waals surface area contributed by atoms with Crippen molar-refractivity contribution in [1.82, 2.24) is 10.2 Å². The highest BCUT2D eigenvalue weighted by Gasteiger charge is 2.31. The Morgan fingerprint density at radius 1 is 1.24 bits per heavy atom. The zero-order chi connectivity index (χ0) is 23.8. The van der Waals surface area contributed by atoms with E-state index in [9.17, 15) is 17.2 Å². The Morgan fingerprint density at radius 3 is 2.67 bits per heavy atom. The van der Waals surface area contributed by atoms with Gasteiger partial charge in [-0.15, -0.1) is 5.10 Å². The largest absolute Gasteiger partial charge is 0.403 e. The number of fused-ring (bicyclic) bond motifs is 1. The third kappa shape index (κ3) is 5.60. The third-order valence-electron chi connectivity index (χ3n) is 5.03. The Balaban J connectivity index is 1.70. The number of nitrogens with two attached hydrogens (primary N) is 1. The zero-order valence-corrected chi connectivity index (χ0v) is 19.2. The molecule has 2 heterocycles. The quantitative estimate of drug-likeness (QED) is 0.531. The van der Waals surface area contributed by atoms with Crippen LogP contribution < -0.4 is 16.0 Å². The first-order chi connectivity index (χ1) is 15.5. The Bertz CT molecular complexity index is 1250. The first-order valence-corrected chi connectivity index (χ1v) is 12.1. The number of sulfone groups is 1. The molecule has 3 aromatic rings. The van der Waals surface area contributed by atoms with Gasteiger partial charge in [0.05, 0.1) is 22.9 Å². The van der Waals surface area contributed by atoms with Gasteiger partial charge in [0.25, 0.3) is 5.92 Å². The lowest BCUT2D eigenvalue weighted by molar-refractivity contribution is 0.0362. The molecule has 1 aliphatic rings. The second-order valence-corrected chi connectivity index (χ2v) is 10.5. The van der Waals surface area contributed by atoms with Gasteiger partial charge in [-0.2, -0.15) is 0 Å². The summed E-state index contributed by atoms with van der Waals surface area (Å²) in [5, 5.41) is 10.6. The van der Waals surface area contributed by atoms with E-state index in [1.807, 2.05) is 17.0 Å². The normalized spacial score (nSPS) is 18.0. The number of nitrogens with zero attached hydrogens (tertiary/aromatic N) is 3. The molecule has 1 aliphatic heterocycles. The number of alkyl halides is 2. The van der Waals surface area contributed by atoms with Crippen LogP contribution in [-0.2, 0) is 16.4 Å². The minimum atomic E-state index is -3.63. The Hall–Kier alpha value is -2.76. The summed E-state index contributed by atoms with van der Waals surface area (Å²) in [5.41, 5.74) is 7.95. The van der Waals surface area contributed by atoms with Crippen LogP contribution in [0.4, 0.5) is 20.5 Å². The first kappa shape index (κ1) is 23.4. The summed E-state index contributed by atoms with van der Waals surface area (Å²) in [4.78, 5) is 2.03. The van der Waals surface area contributed by atoms with Gasteiger partial charge >= 0.3 is 6.01 Å². The molecular formula is C21H22ClF2N5O3S. The second kappa shape index (κ2) is 8.88. The fraction of sp³-hybridized carbons (Fsp3) is 0.333. The number of hydrogen-bond acceptors (Lipinski definition) is 8. The lowest BCUT2D eigenvalue weighted by atomic mass is 10.1. The summed E-state index contributed by atoms with van der Waals surface area (Å²) in [6.45, 7) is 0.813. The van der Waals surface area contributed by atoms with Gasteiger partial charge in [-0.1, -0.05) is 28.8 Å². The van der Waals surface area contributed by atoms with Gasteiger partial charge in [-0.3, -0.25) is 0 Å². The van der Waals surface area contributed by atoms with Gasteiger partial charge in [0, 0.05) is 36.6 Å². The van der Waals surface area contributed by atoms with E-state index in [0.717, 1.165) is 12.5 Å². The number of rotatable bonds is 6. The summed E-state index contributed by atoms with van der Waals surface area (Å²) in [7, 11) is -3.63. The number of hydrogen-bond donors (Lipinski definition) is 2. The van der Waals surface area contributed by atoms with Crippen LogP contribution in [0.5, 0.6) is 0 Å². The lowest BCUT2D eigenvalue weighted by Crippen LogP contribution is -2.39. The van der Waals surface area contributed by atoms with Crippen molar-refractivity contribution >= 4 is 33.1 Å². The van der Waals surface area contributed by atoms with Crippen LogP contribution in [0.2, 0.25) is 5.02 Å². The lowest BCUT2D eigenvalue weighted by Gasteiger charge is -2.26. The van der Waals surface area contributed by atoms with Crippen LogP contribution in [-0.4, -0.2) is 49.4 Å². The van der Waals surface area contributed by atoms with E-state index >= 15 is 0 Å². The van der Waals surface area contributed by atoms with Gasteiger partial charge in [-0.05, 0) is 35.9 Å². The predicted octanol–water partition coefficient (Wildman–Crippen LogP) is 3.58. The van der Waals surface area contributed by atoms with E-state index in [1.165, 1.54) is 6.07 Å². The Morgan fingerprint density at radius 2 is 1.97 bits per heavy atom. The maximum atomic E-state index is 13.1. The van der Waals surface area contributed by atoms with E-state index < -0.39 is 28.3 Å². The fourth-order valence-electron chi connectivity index (χ4n) is 3.57. The van der Waals surface area contributed by atoms with Gasteiger partial charge in [0.2, 0.25) is 5.89 Å². The van der Waals surface area contributed by atoms with Crippen LogP contribution in [0, 0.1) is 0 Å². The maximum absolute atomic E-state index is 13.1. The number of halogens is 3. The molecule has 0 unspecified atom stereocenters. The van der Waals surface area contributed by atoms with E-state index in [4.69, 9.17) is 21.8 Å². The molecule has 0 amide bonds. The summed E-state index contributed by atoms with van der Waals surface area (Å²) in [6, 6.07) is 11.1. The van der Waals surface area contributed by atoms with Gasteiger partial charge < -0.3 is 20.4 Å². The van der Waals surface area contributed by atoms with Crippen molar-refractivity contribution < 1.29 is 21.6 Å². The van der Waals surface area contributed by atoms with Crippen LogP contribution >= 0.6 is 11.6 Å². The van der Waals surface area contributed by atoms with Crippen LogP contribution in [0.1, 0.15) is 12.5 Å². The van der Waals surface area contributed by atoms with E-state index in [0.29, 0.717) is 29.4 Å². The average molecular weight is 498 g/mol. The highest BCUT2D eigenvalue weighted by atomic mass is 35.5. The molecule has 0 saturated heterocycles. The topological polar surface area (TPSA) is 114 Å². The van der Waals surface area contributed by atoms with Crippen LogP contribution in [0.3, 0.4) is 0 Å². The van der Waals surface area contributed by atoms with Crippen molar-refractivity contribution in [2.45, 2.75) is 30.3 Å². The molecule has 12 heteroatoms. The summed E-state index contributed by atoms with van der Waals surface area (Å²) >= 11 is 5.98. The smallest absolute Gasteiger partial charge is 0.315 e. The van der Waals surface area contributed by atoms with Gasteiger partial charge in [-0.25, -0.2) is 17.2 Å². The Labute approximate surface area is 194 Å². The molecule has 0 saturated carbocycles. The van der Waals surface area contributed by atoms with Crippen molar-refractivity contribution in [3.63, 3.8) is 0 Å². The van der Waals surface area contributed by atoms with E-state index in [-0.39, 0.29) is 22.6 Å². The van der Waals surface area contributed by atoms with Gasteiger partial charge in [0.1, 0.15) is 0 Å².